The second kappa shape index (κ2) is 9.84. The number of carbonyl (C=O) groups excluding carboxylic acids is 1. The van der Waals surface area contributed by atoms with Crippen LogP contribution in [0.4, 0.5) is 11.4 Å². The van der Waals surface area contributed by atoms with Crippen LogP contribution in [0.1, 0.15) is 25.3 Å². The summed E-state index contributed by atoms with van der Waals surface area (Å²) < 4.78 is 5.45. The predicted octanol–water partition coefficient (Wildman–Crippen LogP) is 3.99. The fourth-order valence-electron chi connectivity index (χ4n) is 3.45. The van der Waals surface area contributed by atoms with Crippen LogP contribution in [0.15, 0.2) is 60.3 Å². The Kier molecular flexibility index (Phi) is 6.97. The van der Waals surface area contributed by atoms with E-state index in [1.807, 2.05) is 59.5 Å². The first-order chi connectivity index (χ1) is 14.5. The van der Waals surface area contributed by atoms with Crippen LogP contribution in [-0.4, -0.2) is 44.1 Å². The molecule has 156 valence electrons. The van der Waals surface area contributed by atoms with Crippen molar-refractivity contribution in [2.75, 3.05) is 43.5 Å². The van der Waals surface area contributed by atoms with Crippen molar-refractivity contribution in [2.45, 2.75) is 19.8 Å². The lowest BCUT2D eigenvalue weighted by Crippen LogP contribution is -2.44. The van der Waals surface area contributed by atoms with Gasteiger partial charge in [0.2, 0.25) is 0 Å². The molecule has 1 aliphatic rings. The van der Waals surface area contributed by atoms with Crippen LogP contribution in [-0.2, 0) is 4.79 Å². The maximum atomic E-state index is 12.5. The molecule has 0 unspecified atom stereocenters. The summed E-state index contributed by atoms with van der Waals surface area (Å²) in [4.78, 5) is 16.8. The van der Waals surface area contributed by atoms with Gasteiger partial charge in [-0.05, 0) is 35.7 Å². The highest BCUT2D eigenvalue weighted by Crippen LogP contribution is 2.28. The number of methoxy groups -OCH3 is 1. The van der Waals surface area contributed by atoms with Crippen molar-refractivity contribution in [1.29, 1.82) is 5.26 Å². The lowest BCUT2D eigenvalue weighted by atomic mass is 10.0. The molecule has 0 bridgehead atoms. The molecule has 1 fully saturated rings. The quantitative estimate of drug-likeness (QED) is 0.582. The van der Waals surface area contributed by atoms with E-state index in [-0.39, 0.29) is 11.5 Å². The number of para-hydroxylation sites is 2. The summed E-state index contributed by atoms with van der Waals surface area (Å²) >= 11 is 0. The van der Waals surface area contributed by atoms with Crippen molar-refractivity contribution in [2.24, 2.45) is 0 Å². The first-order valence-electron chi connectivity index (χ1n) is 10.2. The van der Waals surface area contributed by atoms with Gasteiger partial charge in [0.25, 0.3) is 5.91 Å². The molecule has 30 heavy (non-hydrogen) atoms. The van der Waals surface area contributed by atoms with Gasteiger partial charge >= 0.3 is 0 Å². The Morgan fingerprint density at radius 3 is 2.37 bits per heavy atom. The minimum atomic E-state index is -0.387. The number of hydrogen-bond donors (Lipinski definition) is 1. The largest absolute Gasteiger partial charge is 0.495 e. The van der Waals surface area contributed by atoms with Crippen LogP contribution in [0.2, 0.25) is 0 Å². The van der Waals surface area contributed by atoms with Gasteiger partial charge in [-0.1, -0.05) is 38.1 Å². The van der Waals surface area contributed by atoms with Crippen molar-refractivity contribution in [3.63, 3.8) is 0 Å². The molecule has 1 N–H and O–H groups in total. The highest BCUT2D eigenvalue weighted by Gasteiger charge is 2.19. The zero-order valence-electron chi connectivity index (χ0n) is 17.8. The van der Waals surface area contributed by atoms with E-state index >= 15 is 0 Å². The van der Waals surface area contributed by atoms with Crippen LogP contribution in [0, 0.1) is 11.3 Å². The molecule has 3 rings (SSSR count). The number of anilines is 2. The monoisotopic (exact) mass is 404 g/mol. The first-order valence-corrected chi connectivity index (χ1v) is 10.2. The minimum Gasteiger partial charge on any atom is -0.495 e. The van der Waals surface area contributed by atoms with Gasteiger partial charge in [0.1, 0.15) is 17.4 Å². The zero-order valence-corrected chi connectivity index (χ0v) is 17.8. The van der Waals surface area contributed by atoms with Crippen molar-refractivity contribution in [1.82, 2.24) is 4.90 Å². The molecule has 6 heteroatoms. The minimum absolute atomic E-state index is 0.105. The second-order valence-corrected chi connectivity index (χ2v) is 7.58. The van der Waals surface area contributed by atoms with Gasteiger partial charge < -0.3 is 19.9 Å². The lowest BCUT2D eigenvalue weighted by Gasteiger charge is -2.36. The van der Waals surface area contributed by atoms with Crippen molar-refractivity contribution in [3.8, 4) is 11.8 Å². The topological polar surface area (TPSA) is 68.6 Å². The number of amides is 1. The van der Waals surface area contributed by atoms with Crippen LogP contribution in [0.25, 0.3) is 0 Å². The summed E-state index contributed by atoms with van der Waals surface area (Å²) in [5.74, 6) is 0.892. The Morgan fingerprint density at radius 1 is 1.10 bits per heavy atom. The van der Waals surface area contributed by atoms with Gasteiger partial charge in [0, 0.05) is 38.1 Å². The standard InChI is InChI=1S/C24H28N4O2/c1-18(2)19-8-10-21(11-9-19)26-24(29)20(16-25)17-27-12-14-28(15-13-27)22-6-4-5-7-23(22)30-3/h4-11,17-18H,12-15H2,1-3H3,(H,26,29)/b20-17-. The molecule has 6 nitrogen and oxygen atoms in total. The van der Waals surface area contributed by atoms with Crippen molar-refractivity contribution in [3.05, 3.63) is 65.9 Å². The summed E-state index contributed by atoms with van der Waals surface area (Å²) in [7, 11) is 1.67. The van der Waals surface area contributed by atoms with Gasteiger partial charge in [-0.2, -0.15) is 5.26 Å². The van der Waals surface area contributed by atoms with Crippen molar-refractivity contribution >= 4 is 17.3 Å². The maximum absolute atomic E-state index is 12.5. The zero-order chi connectivity index (χ0) is 21.5. The highest BCUT2D eigenvalue weighted by molar-refractivity contribution is 6.06. The van der Waals surface area contributed by atoms with E-state index < -0.39 is 0 Å². The van der Waals surface area contributed by atoms with E-state index in [2.05, 4.69) is 24.1 Å². The molecular formula is C24H28N4O2. The van der Waals surface area contributed by atoms with Crippen LogP contribution in [0.3, 0.4) is 0 Å². The SMILES string of the molecule is COc1ccccc1N1CCN(/C=C(/C#N)C(=O)Nc2ccc(C(C)C)cc2)CC1. The van der Waals surface area contributed by atoms with Crippen molar-refractivity contribution < 1.29 is 9.53 Å². The van der Waals surface area contributed by atoms with E-state index in [4.69, 9.17) is 4.74 Å². The molecule has 0 radical (unpaired) electrons. The summed E-state index contributed by atoms with van der Waals surface area (Å²) in [6.07, 6.45) is 1.66. The van der Waals surface area contributed by atoms with E-state index in [9.17, 15) is 10.1 Å². The van der Waals surface area contributed by atoms with Crippen LogP contribution < -0.4 is 15.0 Å². The predicted molar refractivity (Wildman–Crippen MR) is 120 cm³/mol. The molecule has 0 atom stereocenters. The molecule has 1 aliphatic heterocycles. The van der Waals surface area contributed by atoms with Crippen LogP contribution in [0.5, 0.6) is 5.75 Å². The number of carbonyl (C=O) groups is 1. The number of ether oxygens (including phenoxy) is 1. The van der Waals surface area contributed by atoms with Gasteiger partial charge in [-0.25, -0.2) is 0 Å². The van der Waals surface area contributed by atoms with Gasteiger partial charge in [0.15, 0.2) is 0 Å². The molecule has 0 saturated carbocycles. The molecule has 0 spiro atoms. The van der Waals surface area contributed by atoms with E-state index in [0.717, 1.165) is 37.6 Å². The molecule has 2 aromatic rings. The molecular weight excluding hydrogens is 376 g/mol. The number of piperazine rings is 1. The Labute approximate surface area is 178 Å². The third kappa shape index (κ3) is 5.12. The third-order valence-corrected chi connectivity index (χ3v) is 5.25. The summed E-state index contributed by atoms with van der Waals surface area (Å²) in [6, 6.07) is 17.7. The molecule has 1 amide bonds. The highest BCUT2D eigenvalue weighted by atomic mass is 16.5. The molecule has 1 saturated heterocycles. The summed E-state index contributed by atoms with van der Waals surface area (Å²) in [5.41, 5.74) is 3.06. The smallest absolute Gasteiger partial charge is 0.267 e. The number of benzene rings is 2. The normalized spacial score (nSPS) is 14.4. The number of hydrogen-bond acceptors (Lipinski definition) is 5. The summed E-state index contributed by atoms with van der Waals surface area (Å²) in [5, 5.41) is 12.3. The fraction of sp³-hybridized carbons (Fsp3) is 0.333. The number of rotatable bonds is 6. The number of nitrogens with one attached hydrogen (secondary N) is 1. The summed E-state index contributed by atoms with van der Waals surface area (Å²) in [6.45, 7) is 7.26. The Morgan fingerprint density at radius 2 is 1.77 bits per heavy atom. The van der Waals surface area contributed by atoms with Gasteiger partial charge in [-0.15, -0.1) is 0 Å². The average molecular weight is 405 g/mol. The Hall–Kier alpha value is -3.46. The Bertz CT molecular complexity index is 936. The van der Waals surface area contributed by atoms with Gasteiger partial charge in [-0.3, -0.25) is 4.79 Å². The number of nitriles is 1. The molecule has 2 aromatic carbocycles. The fourth-order valence-corrected chi connectivity index (χ4v) is 3.45. The first kappa shape index (κ1) is 21.3. The molecule has 0 aromatic heterocycles. The van der Waals surface area contributed by atoms with E-state index in [0.29, 0.717) is 11.6 Å². The Balaban J connectivity index is 1.61. The lowest BCUT2D eigenvalue weighted by molar-refractivity contribution is -0.112. The number of nitrogens with zero attached hydrogens (tertiary/aromatic N) is 3. The van der Waals surface area contributed by atoms with Gasteiger partial charge in [0.05, 0.1) is 12.8 Å². The van der Waals surface area contributed by atoms with Crippen LogP contribution >= 0.6 is 0 Å². The van der Waals surface area contributed by atoms with E-state index in [1.54, 1.807) is 13.3 Å². The average Bonchev–Trinajstić information content (AvgIpc) is 2.78. The molecule has 0 aliphatic carbocycles. The second-order valence-electron chi connectivity index (χ2n) is 7.58. The van der Waals surface area contributed by atoms with E-state index in [1.165, 1.54) is 5.56 Å². The maximum Gasteiger partial charge on any atom is 0.267 e. The third-order valence-electron chi connectivity index (χ3n) is 5.25. The molecule has 1 heterocycles.